The zero-order chi connectivity index (χ0) is 5.91. The Morgan fingerprint density at radius 3 is 1.57 bits per heavy atom. The molecule has 0 aliphatic heterocycles. The first kappa shape index (κ1) is 7.30. The van der Waals surface area contributed by atoms with Gasteiger partial charge in [0.1, 0.15) is 0 Å². The van der Waals surface area contributed by atoms with Crippen molar-refractivity contribution in [2.45, 2.75) is 13.8 Å². The molecule has 0 radical (unpaired) electrons. The first-order valence-electron chi connectivity index (χ1n) is 2.81. The molecule has 0 amide bonds. The normalized spacial score (nSPS) is 11.9. The van der Waals surface area contributed by atoms with Gasteiger partial charge in [0, 0.05) is 0 Å². The third-order valence-electron chi connectivity index (χ3n) is 1.53. The van der Waals surface area contributed by atoms with Gasteiger partial charge < -0.3 is 0 Å². The van der Waals surface area contributed by atoms with Gasteiger partial charge in [-0.3, -0.25) is 0 Å². The van der Waals surface area contributed by atoms with Gasteiger partial charge in [0.05, 0.1) is 0 Å². The maximum Gasteiger partial charge on any atom is -0.0363 e. The summed E-state index contributed by atoms with van der Waals surface area (Å²) in [6.07, 6.45) is 6.71. The van der Waals surface area contributed by atoms with Crippen LogP contribution < -0.4 is 0 Å². The van der Waals surface area contributed by atoms with E-state index in [1.165, 1.54) is 12.3 Å². The predicted molar refractivity (Wildman–Crippen MR) is 41.0 cm³/mol. The second kappa shape index (κ2) is 2.57. The zero-order valence-corrected chi connectivity index (χ0v) is 6.46. The van der Waals surface area contributed by atoms with Gasteiger partial charge in [0.15, 0.2) is 0 Å². The minimum absolute atomic E-state index is 0.654. The molecular formula is C6H15P. The van der Waals surface area contributed by atoms with Gasteiger partial charge in [-0.2, -0.15) is 0 Å². The molecule has 0 N–H and O–H groups in total. The molecule has 0 spiro atoms. The highest BCUT2D eigenvalue weighted by molar-refractivity contribution is 7.72. The van der Waals surface area contributed by atoms with Crippen molar-refractivity contribution in [3.63, 3.8) is 0 Å². The van der Waals surface area contributed by atoms with Crippen LogP contribution in [0.3, 0.4) is 0 Å². The van der Waals surface area contributed by atoms with E-state index >= 15 is 0 Å². The van der Waals surface area contributed by atoms with Crippen LogP contribution in [0.2, 0.25) is 0 Å². The van der Waals surface area contributed by atoms with Crippen molar-refractivity contribution in [2.24, 2.45) is 0 Å². The standard InChI is InChI=1S/C6H15P/c1-5-7(3,4)6-2/h3,5-6H2,1-2,4H3. The molecule has 1 heteroatoms. The first-order chi connectivity index (χ1) is 3.12. The Kier molecular flexibility index (Phi) is 2.68. The lowest BCUT2D eigenvalue weighted by atomic mass is 11.0. The number of hydrogen-bond donors (Lipinski definition) is 0. The molecule has 0 aromatic rings. The molecule has 0 aromatic heterocycles. The molecule has 0 heterocycles. The van der Waals surface area contributed by atoms with Gasteiger partial charge in [-0.15, -0.1) is 13.2 Å². The minimum Gasteiger partial charge on any atom is -0.115 e. The van der Waals surface area contributed by atoms with Gasteiger partial charge in [0.25, 0.3) is 0 Å². The summed E-state index contributed by atoms with van der Waals surface area (Å²) in [4.78, 5) is 0. The van der Waals surface area contributed by atoms with Crippen molar-refractivity contribution in [2.75, 3.05) is 19.0 Å². The van der Waals surface area contributed by atoms with Crippen molar-refractivity contribution in [3.8, 4) is 0 Å². The van der Waals surface area contributed by atoms with Crippen LogP contribution in [0.5, 0.6) is 0 Å². The van der Waals surface area contributed by atoms with Gasteiger partial charge in [-0.1, -0.05) is 13.8 Å². The third-order valence-corrected chi connectivity index (χ3v) is 4.58. The van der Waals surface area contributed by atoms with Crippen LogP contribution in [0, 0.1) is 0 Å². The Bertz CT molecular complexity index is 76.2. The molecule has 0 fully saturated rings. The minimum atomic E-state index is -0.654. The van der Waals surface area contributed by atoms with Crippen molar-refractivity contribution in [1.29, 1.82) is 0 Å². The SMILES string of the molecule is C=P(C)(CC)CC. The zero-order valence-electron chi connectivity index (χ0n) is 5.57. The van der Waals surface area contributed by atoms with E-state index in [0.717, 1.165) is 0 Å². The van der Waals surface area contributed by atoms with Gasteiger partial charge >= 0.3 is 0 Å². The molecule has 0 nitrogen and oxygen atoms in total. The maximum atomic E-state index is 4.12. The van der Waals surface area contributed by atoms with Crippen LogP contribution in [-0.2, 0) is 0 Å². The van der Waals surface area contributed by atoms with Gasteiger partial charge in [-0.05, 0) is 19.0 Å². The smallest absolute Gasteiger partial charge is 0.0363 e. The Morgan fingerprint density at radius 2 is 1.57 bits per heavy atom. The second-order valence-corrected chi connectivity index (χ2v) is 6.76. The van der Waals surface area contributed by atoms with Crippen LogP contribution in [0.15, 0.2) is 0 Å². The fourth-order valence-corrected chi connectivity index (χ4v) is 0.671. The summed E-state index contributed by atoms with van der Waals surface area (Å²) in [6, 6.07) is 0. The average Bonchev–Trinajstić information content (AvgIpc) is 1.68. The number of rotatable bonds is 2. The van der Waals surface area contributed by atoms with E-state index in [4.69, 9.17) is 0 Å². The predicted octanol–water partition coefficient (Wildman–Crippen LogP) is 2.11. The Labute approximate surface area is 46.9 Å². The second-order valence-electron chi connectivity index (χ2n) is 2.25. The Hall–Kier alpha value is 0.300. The summed E-state index contributed by atoms with van der Waals surface area (Å²) in [5, 5.41) is 0. The van der Waals surface area contributed by atoms with Crippen molar-refractivity contribution < 1.29 is 0 Å². The topological polar surface area (TPSA) is 0 Å². The highest BCUT2D eigenvalue weighted by atomic mass is 31.2. The molecule has 0 aromatic carbocycles. The molecule has 0 bridgehead atoms. The molecule has 0 saturated heterocycles. The summed E-state index contributed by atoms with van der Waals surface area (Å²) in [5.74, 6) is 0. The maximum absolute atomic E-state index is 4.12. The quantitative estimate of drug-likeness (QED) is 0.487. The van der Waals surface area contributed by atoms with Crippen LogP contribution in [0.1, 0.15) is 13.8 Å². The van der Waals surface area contributed by atoms with Gasteiger partial charge in [-0.25, -0.2) is 0 Å². The fourth-order valence-electron chi connectivity index (χ4n) is 0.224. The van der Waals surface area contributed by atoms with Gasteiger partial charge in [0.2, 0.25) is 0 Å². The fraction of sp³-hybridized carbons (Fsp3) is 0.833. The highest BCUT2D eigenvalue weighted by Crippen LogP contribution is 2.38. The summed E-state index contributed by atoms with van der Waals surface area (Å²) in [7, 11) is 0. The molecule has 7 heavy (non-hydrogen) atoms. The lowest BCUT2D eigenvalue weighted by Crippen LogP contribution is -1.84. The van der Waals surface area contributed by atoms with E-state index in [2.05, 4.69) is 26.8 Å². The molecule has 44 valence electrons. The van der Waals surface area contributed by atoms with Crippen molar-refractivity contribution >= 4 is 13.2 Å². The average molecular weight is 118 g/mol. The molecule has 0 saturated carbocycles. The largest absolute Gasteiger partial charge is 0.115 e. The van der Waals surface area contributed by atoms with Crippen LogP contribution in [0.4, 0.5) is 0 Å². The first-order valence-corrected chi connectivity index (χ1v) is 5.60. The van der Waals surface area contributed by atoms with Crippen molar-refractivity contribution in [1.82, 2.24) is 0 Å². The van der Waals surface area contributed by atoms with E-state index in [1.54, 1.807) is 0 Å². The Balaban J connectivity index is 3.61. The lowest BCUT2D eigenvalue weighted by molar-refractivity contribution is 1.41. The van der Waals surface area contributed by atoms with E-state index < -0.39 is 6.89 Å². The third kappa shape index (κ3) is 2.93. The molecule has 0 atom stereocenters. The van der Waals surface area contributed by atoms with Crippen LogP contribution >= 0.6 is 6.89 Å². The van der Waals surface area contributed by atoms with E-state index in [-0.39, 0.29) is 0 Å². The molecule has 0 aliphatic rings. The van der Waals surface area contributed by atoms with Crippen molar-refractivity contribution in [3.05, 3.63) is 0 Å². The Morgan fingerprint density at radius 1 is 1.29 bits per heavy atom. The molecular weight excluding hydrogens is 103 g/mol. The monoisotopic (exact) mass is 118 g/mol. The van der Waals surface area contributed by atoms with E-state index in [1.807, 2.05) is 0 Å². The van der Waals surface area contributed by atoms with Crippen LogP contribution in [-0.4, -0.2) is 25.3 Å². The van der Waals surface area contributed by atoms with E-state index in [9.17, 15) is 0 Å². The summed E-state index contributed by atoms with van der Waals surface area (Å²) in [5.41, 5.74) is 0. The highest BCUT2D eigenvalue weighted by Gasteiger charge is 1.96. The molecule has 0 aliphatic carbocycles. The number of hydrogen-bond acceptors (Lipinski definition) is 0. The lowest BCUT2D eigenvalue weighted by Gasteiger charge is -2.11. The summed E-state index contributed by atoms with van der Waals surface area (Å²) in [6.45, 7) is 6.10. The summed E-state index contributed by atoms with van der Waals surface area (Å²) < 4.78 is 0. The molecule has 0 unspecified atom stereocenters. The van der Waals surface area contributed by atoms with E-state index in [0.29, 0.717) is 0 Å². The van der Waals surface area contributed by atoms with Crippen LogP contribution in [0.25, 0.3) is 0 Å². The summed E-state index contributed by atoms with van der Waals surface area (Å²) >= 11 is 0. The molecule has 0 rings (SSSR count).